The molecule has 1 fully saturated rings. The molecule has 7 heteroatoms. The summed E-state index contributed by atoms with van der Waals surface area (Å²) in [6, 6.07) is 11.9. The fourth-order valence-electron chi connectivity index (χ4n) is 5.02. The Labute approximate surface area is 216 Å². The second kappa shape index (κ2) is 12.4. The molecule has 0 radical (unpaired) electrons. The molecule has 1 saturated heterocycles. The van der Waals surface area contributed by atoms with Crippen LogP contribution < -0.4 is 4.74 Å². The summed E-state index contributed by atoms with van der Waals surface area (Å²) in [7, 11) is 1.68. The number of pyridine rings is 1. The van der Waals surface area contributed by atoms with E-state index in [9.17, 15) is 9.90 Å². The Hall–Kier alpha value is -2.59. The van der Waals surface area contributed by atoms with Gasteiger partial charge >= 0.3 is 5.97 Å². The third-order valence-electron chi connectivity index (χ3n) is 6.85. The predicted molar refractivity (Wildman–Crippen MR) is 142 cm³/mol. The van der Waals surface area contributed by atoms with Gasteiger partial charge in [0.1, 0.15) is 5.75 Å². The van der Waals surface area contributed by atoms with Gasteiger partial charge in [-0.3, -0.25) is 14.7 Å². The summed E-state index contributed by atoms with van der Waals surface area (Å²) in [6.45, 7) is 2.62. The lowest BCUT2D eigenvalue weighted by Crippen LogP contribution is -2.41. The zero-order valence-corrected chi connectivity index (χ0v) is 21.6. The molecule has 184 valence electrons. The van der Waals surface area contributed by atoms with Crippen molar-refractivity contribution in [2.75, 3.05) is 26.7 Å². The van der Waals surface area contributed by atoms with E-state index >= 15 is 0 Å². The minimum atomic E-state index is -0.715. The van der Waals surface area contributed by atoms with E-state index in [4.69, 9.17) is 16.3 Å². The summed E-state index contributed by atoms with van der Waals surface area (Å²) < 4.78 is 6.16. The number of benzene rings is 1. The normalized spacial score (nSPS) is 18.2. The van der Waals surface area contributed by atoms with E-state index < -0.39 is 5.97 Å². The number of nitrogens with zero attached hydrogens (tertiary/aromatic N) is 2. The molecule has 35 heavy (non-hydrogen) atoms. The van der Waals surface area contributed by atoms with Gasteiger partial charge < -0.3 is 9.84 Å². The molecular formula is C28H31ClN2O3S. The maximum Gasteiger partial charge on any atom is 0.303 e. The molecule has 2 aromatic heterocycles. The number of thiophene rings is 1. The third kappa shape index (κ3) is 7.20. The van der Waals surface area contributed by atoms with Crippen molar-refractivity contribution >= 4 is 39.8 Å². The molecular weight excluding hydrogens is 480 g/mol. The highest BCUT2D eigenvalue weighted by atomic mass is 35.5. The molecule has 0 saturated carbocycles. The number of ether oxygens (including phenoxy) is 1. The van der Waals surface area contributed by atoms with E-state index in [1.54, 1.807) is 7.11 Å². The van der Waals surface area contributed by atoms with Crippen molar-refractivity contribution in [3.8, 4) is 17.6 Å². The lowest BCUT2D eigenvalue weighted by atomic mass is 9.79. The zero-order valence-electron chi connectivity index (χ0n) is 20.0. The van der Waals surface area contributed by atoms with E-state index in [2.05, 4.69) is 33.9 Å². The number of methoxy groups -OCH3 is 1. The molecule has 1 aliphatic rings. The number of halogens is 1. The molecule has 1 aromatic carbocycles. The topological polar surface area (TPSA) is 62.7 Å². The number of piperidine rings is 1. The fourth-order valence-corrected chi connectivity index (χ4v) is 5.94. The van der Waals surface area contributed by atoms with Gasteiger partial charge in [-0.15, -0.1) is 11.3 Å². The number of carbonyl (C=O) groups is 1. The lowest BCUT2D eigenvalue weighted by Gasteiger charge is -2.38. The van der Waals surface area contributed by atoms with Gasteiger partial charge in [0.05, 0.1) is 28.4 Å². The second-order valence-corrected chi connectivity index (χ2v) is 10.8. The number of aromatic nitrogens is 1. The number of aryl methyl sites for hydroxylation is 1. The molecule has 0 bridgehead atoms. The van der Waals surface area contributed by atoms with Crippen molar-refractivity contribution in [1.29, 1.82) is 0 Å². The van der Waals surface area contributed by atoms with Gasteiger partial charge in [0, 0.05) is 24.5 Å². The molecule has 0 spiro atoms. The minimum absolute atomic E-state index is 0.225. The van der Waals surface area contributed by atoms with Crippen LogP contribution in [0, 0.1) is 23.7 Å². The SMILES string of the molecule is COc1ccc2nccc(CCC[C@@H]3CCN(CC#Cc4ccc(Cl)s4)C[C@@H]3CCC(=O)O)c2c1. The number of aliphatic carboxylic acids is 1. The van der Waals surface area contributed by atoms with Gasteiger partial charge in [0.25, 0.3) is 0 Å². The fraction of sp³-hybridized carbons (Fsp3) is 0.429. The molecule has 1 aliphatic heterocycles. The molecule has 5 nitrogen and oxygen atoms in total. The average Bonchev–Trinajstić information content (AvgIpc) is 3.28. The van der Waals surface area contributed by atoms with Gasteiger partial charge in [-0.25, -0.2) is 0 Å². The van der Waals surface area contributed by atoms with Crippen LogP contribution in [0.1, 0.15) is 42.5 Å². The number of rotatable bonds is 9. The highest BCUT2D eigenvalue weighted by molar-refractivity contribution is 7.16. The molecule has 1 N–H and O–H groups in total. The number of likely N-dealkylation sites (tertiary alicyclic amines) is 1. The Morgan fingerprint density at radius 2 is 2.14 bits per heavy atom. The zero-order chi connectivity index (χ0) is 24.6. The van der Waals surface area contributed by atoms with Crippen LogP contribution in [0.15, 0.2) is 42.6 Å². The number of carboxylic acids is 1. The summed E-state index contributed by atoms with van der Waals surface area (Å²) in [5.74, 6) is 7.52. The summed E-state index contributed by atoms with van der Waals surface area (Å²) in [6.07, 6.45) is 7.07. The first-order chi connectivity index (χ1) is 17.0. The van der Waals surface area contributed by atoms with Crippen LogP contribution in [0.5, 0.6) is 5.75 Å². The van der Waals surface area contributed by atoms with Crippen LogP contribution in [0.3, 0.4) is 0 Å². The molecule has 3 aromatic rings. The Bertz CT molecular complexity index is 1220. The quantitative estimate of drug-likeness (QED) is 0.350. The van der Waals surface area contributed by atoms with Gasteiger partial charge in [-0.05, 0) is 92.4 Å². The Kier molecular flexibility index (Phi) is 9.03. The molecule has 0 aliphatic carbocycles. The van der Waals surface area contributed by atoms with E-state index in [0.717, 1.165) is 71.1 Å². The van der Waals surface area contributed by atoms with Gasteiger partial charge in [0.2, 0.25) is 0 Å². The second-order valence-electron chi connectivity index (χ2n) is 9.13. The van der Waals surface area contributed by atoms with Crippen molar-refractivity contribution in [2.24, 2.45) is 11.8 Å². The summed E-state index contributed by atoms with van der Waals surface area (Å²) >= 11 is 7.48. The monoisotopic (exact) mass is 510 g/mol. The van der Waals surface area contributed by atoms with Crippen molar-refractivity contribution in [3.05, 3.63) is 57.4 Å². The minimum Gasteiger partial charge on any atom is -0.497 e. The van der Waals surface area contributed by atoms with Gasteiger partial charge in [-0.2, -0.15) is 0 Å². The van der Waals surface area contributed by atoms with Gasteiger partial charge in [0.15, 0.2) is 0 Å². The largest absolute Gasteiger partial charge is 0.497 e. The van der Waals surface area contributed by atoms with E-state index in [-0.39, 0.29) is 6.42 Å². The standard InChI is InChI=1S/C28H31ClN2O3S/c1-34-23-8-10-26-25(18-23)21(13-15-30-26)5-2-4-20-14-17-31(19-22(20)7-12-28(32)33)16-3-6-24-9-11-27(29)35-24/h8-11,13,15,18,20,22H,2,4-5,7,12,14,16-17,19H2,1H3,(H,32,33)/t20-,22+/m1/s1. The molecule has 4 rings (SSSR count). The van der Waals surface area contributed by atoms with E-state index in [0.29, 0.717) is 18.4 Å². The van der Waals surface area contributed by atoms with Crippen LogP contribution in [0.25, 0.3) is 10.9 Å². The Morgan fingerprint density at radius 3 is 2.91 bits per heavy atom. The summed E-state index contributed by atoms with van der Waals surface area (Å²) in [4.78, 5) is 19.1. The number of carboxylic acid groups (broad SMARTS) is 1. The Balaban J connectivity index is 1.35. The van der Waals surface area contributed by atoms with Crippen LogP contribution in [-0.4, -0.2) is 47.7 Å². The highest BCUT2D eigenvalue weighted by Gasteiger charge is 2.29. The van der Waals surface area contributed by atoms with E-state index in [1.165, 1.54) is 16.9 Å². The summed E-state index contributed by atoms with van der Waals surface area (Å²) in [5.41, 5.74) is 2.28. The molecule has 0 unspecified atom stereocenters. The lowest BCUT2D eigenvalue weighted by molar-refractivity contribution is -0.137. The molecule has 0 amide bonds. The maximum atomic E-state index is 11.3. The van der Waals surface area contributed by atoms with Crippen molar-refractivity contribution < 1.29 is 14.6 Å². The van der Waals surface area contributed by atoms with Crippen molar-refractivity contribution in [2.45, 2.75) is 38.5 Å². The van der Waals surface area contributed by atoms with Crippen molar-refractivity contribution in [3.63, 3.8) is 0 Å². The predicted octanol–water partition coefficient (Wildman–Crippen LogP) is 6.14. The van der Waals surface area contributed by atoms with E-state index in [1.807, 2.05) is 30.5 Å². The molecule has 2 atom stereocenters. The Morgan fingerprint density at radius 1 is 1.26 bits per heavy atom. The van der Waals surface area contributed by atoms with Crippen LogP contribution in [-0.2, 0) is 11.2 Å². The summed E-state index contributed by atoms with van der Waals surface area (Å²) in [5, 5.41) is 10.4. The first kappa shape index (κ1) is 25.5. The maximum absolute atomic E-state index is 11.3. The van der Waals surface area contributed by atoms with Crippen LogP contribution in [0.2, 0.25) is 4.34 Å². The first-order valence-corrected chi connectivity index (χ1v) is 13.3. The third-order valence-corrected chi connectivity index (χ3v) is 8.00. The molecule has 3 heterocycles. The number of hydrogen-bond acceptors (Lipinski definition) is 5. The average molecular weight is 511 g/mol. The van der Waals surface area contributed by atoms with Crippen LogP contribution in [0.4, 0.5) is 0 Å². The first-order valence-electron chi connectivity index (χ1n) is 12.1. The van der Waals surface area contributed by atoms with Crippen LogP contribution >= 0.6 is 22.9 Å². The smallest absolute Gasteiger partial charge is 0.303 e. The van der Waals surface area contributed by atoms with Crippen molar-refractivity contribution in [1.82, 2.24) is 9.88 Å². The van der Waals surface area contributed by atoms with Gasteiger partial charge in [-0.1, -0.05) is 23.4 Å². The number of hydrogen-bond donors (Lipinski definition) is 1. The highest BCUT2D eigenvalue weighted by Crippen LogP contribution is 2.32. The number of fused-ring (bicyclic) bond motifs is 1.